The van der Waals surface area contributed by atoms with Gasteiger partial charge in [-0.1, -0.05) is 25.1 Å². The number of rotatable bonds is 7. The number of halogens is 1. The van der Waals surface area contributed by atoms with Gasteiger partial charge in [-0.15, -0.1) is 0 Å². The normalized spacial score (nSPS) is 10.4. The van der Waals surface area contributed by atoms with E-state index in [0.717, 1.165) is 6.42 Å². The Balaban J connectivity index is 2.12. The molecule has 0 bridgehead atoms. The van der Waals surface area contributed by atoms with Crippen molar-refractivity contribution in [3.63, 3.8) is 0 Å². The molecule has 0 spiro atoms. The Morgan fingerprint density at radius 1 is 1.05 bits per heavy atom. The largest absolute Gasteiger partial charge is 0.493 e. The molecular formula is C17H19FO3. The molecule has 1 N–H and O–H groups in total. The lowest BCUT2D eigenvalue weighted by Gasteiger charge is -2.13. The summed E-state index contributed by atoms with van der Waals surface area (Å²) in [5.41, 5.74) is 1.12. The first kappa shape index (κ1) is 15.3. The average molecular weight is 290 g/mol. The summed E-state index contributed by atoms with van der Waals surface area (Å²) in [4.78, 5) is 0. The van der Waals surface area contributed by atoms with E-state index in [-0.39, 0.29) is 19.0 Å². The fourth-order valence-electron chi connectivity index (χ4n) is 1.88. The SMILES string of the molecule is CCCOc1ccc(CO)c(OCc2ccccc2F)c1. The van der Waals surface area contributed by atoms with Crippen LogP contribution in [0.3, 0.4) is 0 Å². The van der Waals surface area contributed by atoms with Crippen LogP contribution in [0.25, 0.3) is 0 Å². The maximum absolute atomic E-state index is 13.6. The van der Waals surface area contributed by atoms with Gasteiger partial charge in [0.05, 0.1) is 13.2 Å². The molecule has 4 heteroatoms. The zero-order valence-electron chi connectivity index (χ0n) is 12.0. The quantitative estimate of drug-likeness (QED) is 0.845. The highest BCUT2D eigenvalue weighted by Gasteiger charge is 2.08. The number of aliphatic hydroxyl groups is 1. The van der Waals surface area contributed by atoms with Gasteiger partial charge in [0.25, 0.3) is 0 Å². The van der Waals surface area contributed by atoms with Crippen LogP contribution in [-0.2, 0) is 13.2 Å². The summed E-state index contributed by atoms with van der Waals surface area (Å²) in [6.45, 7) is 2.61. The van der Waals surface area contributed by atoms with Crippen LogP contribution < -0.4 is 9.47 Å². The maximum atomic E-state index is 13.6. The molecule has 0 aliphatic heterocycles. The Bertz CT molecular complexity index is 584. The minimum Gasteiger partial charge on any atom is -0.493 e. The van der Waals surface area contributed by atoms with Crippen LogP contribution in [0.2, 0.25) is 0 Å². The molecule has 0 fully saturated rings. The first-order valence-corrected chi connectivity index (χ1v) is 6.97. The third kappa shape index (κ3) is 4.20. The molecule has 0 aromatic heterocycles. The van der Waals surface area contributed by atoms with Crippen LogP contribution in [0.4, 0.5) is 4.39 Å². The summed E-state index contributed by atoms with van der Waals surface area (Å²) in [5, 5.41) is 9.34. The molecule has 2 aromatic rings. The Hall–Kier alpha value is -2.07. The highest BCUT2D eigenvalue weighted by Crippen LogP contribution is 2.26. The summed E-state index contributed by atoms with van der Waals surface area (Å²) in [6, 6.07) is 11.7. The first-order valence-electron chi connectivity index (χ1n) is 6.97. The van der Waals surface area contributed by atoms with Crippen molar-refractivity contribution in [2.45, 2.75) is 26.6 Å². The molecule has 0 heterocycles. The summed E-state index contributed by atoms with van der Waals surface area (Å²) >= 11 is 0. The Kier molecular flexibility index (Phi) is 5.58. The predicted octanol–water partition coefficient (Wildman–Crippen LogP) is 3.69. The summed E-state index contributed by atoms with van der Waals surface area (Å²) in [6.07, 6.45) is 0.910. The van der Waals surface area contributed by atoms with Crippen molar-refractivity contribution in [3.05, 3.63) is 59.4 Å². The lowest BCUT2D eigenvalue weighted by Crippen LogP contribution is -2.02. The third-order valence-electron chi connectivity index (χ3n) is 3.02. The van der Waals surface area contributed by atoms with E-state index in [1.54, 1.807) is 36.4 Å². The van der Waals surface area contributed by atoms with Crippen LogP contribution in [-0.4, -0.2) is 11.7 Å². The molecule has 0 aliphatic carbocycles. The van der Waals surface area contributed by atoms with E-state index in [9.17, 15) is 9.50 Å². The van der Waals surface area contributed by atoms with Crippen LogP contribution in [0.5, 0.6) is 11.5 Å². The number of ether oxygens (including phenoxy) is 2. The second-order valence-corrected chi connectivity index (χ2v) is 4.66. The van der Waals surface area contributed by atoms with E-state index in [2.05, 4.69) is 0 Å². The summed E-state index contributed by atoms with van der Waals surface area (Å²) < 4.78 is 24.7. The Labute approximate surface area is 124 Å². The molecule has 21 heavy (non-hydrogen) atoms. The molecule has 0 saturated heterocycles. The van der Waals surface area contributed by atoms with E-state index < -0.39 is 0 Å². The lowest BCUT2D eigenvalue weighted by molar-refractivity contribution is 0.254. The molecule has 2 rings (SSSR count). The first-order chi connectivity index (χ1) is 10.2. The molecule has 0 amide bonds. The van der Waals surface area contributed by atoms with Gasteiger partial charge in [-0.2, -0.15) is 0 Å². The molecular weight excluding hydrogens is 271 g/mol. The molecule has 3 nitrogen and oxygen atoms in total. The van der Waals surface area contributed by atoms with Gasteiger partial charge in [0.1, 0.15) is 23.9 Å². The minimum absolute atomic E-state index is 0.108. The standard InChI is InChI=1S/C17H19FO3/c1-2-9-20-15-8-7-13(11-19)17(10-15)21-12-14-5-3-4-6-16(14)18/h3-8,10,19H,2,9,11-12H2,1H3. The van der Waals surface area contributed by atoms with Gasteiger partial charge in [-0.3, -0.25) is 0 Å². The topological polar surface area (TPSA) is 38.7 Å². The molecule has 0 unspecified atom stereocenters. The zero-order chi connectivity index (χ0) is 15.1. The van der Waals surface area contributed by atoms with Gasteiger partial charge in [-0.25, -0.2) is 4.39 Å². The number of benzene rings is 2. The molecule has 0 aliphatic rings. The Morgan fingerprint density at radius 2 is 1.86 bits per heavy atom. The fraction of sp³-hybridized carbons (Fsp3) is 0.294. The number of aliphatic hydroxyl groups excluding tert-OH is 1. The lowest BCUT2D eigenvalue weighted by atomic mass is 10.2. The fourth-order valence-corrected chi connectivity index (χ4v) is 1.88. The molecule has 2 aromatic carbocycles. The van der Waals surface area contributed by atoms with E-state index in [4.69, 9.17) is 9.47 Å². The van der Waals surface area contributed by atoms with Gasteiger partial charge < -0.3 is 14.6 Å². The van der Waals surface area contributed by atoms with E-state index in [1.165, 1.54) is 6.07 Å². The van der Waals surface area contributed by atoms with Crippen molar-refractivity contribution in [1.29, 1.82) is 0 Å². The Morgan fingerprint density at radius 3 is 2.57 bits per heavy atom. The van der Waals surface area contributed by atoms with E-state index in [1.807, 2.05) is 6.92 Å². The van der Waals surface area contributed by atoms with Crippen molar-refractivity contribution in [2.75, 3.05) is 6.61 Å². The van der Waals surface area contributed by atoms with E-state index in [0.29, 0.717) is 29.2 Å². The van der Waals surface area contributed by atoms with Crippen molar-refractivity contribution < 1.29 is 19.0 Å². The van der Waals surface area contributed by atoms with Crippen molar-refractivity contribution in [2.24, 2.45) is 0 Å². The molecule has 0 radical (unpaired) electrons. The van der Waals surface area contributed by atoms with Crippen LogP contribution in [0.1, 0.15) is 24.5 Å². The number of hydrogen-bond donors (Lipinski definition) is 1. The van der Waals surface area contributed by atoms with Crippen molar-refractivity contribution in [3.8, 4) is 11.5 Å². The molecule has 112 valence electrons. The summed E-state index contributed by atoms with van der Waals surface area (Å²) in [7, 11) is 0. The van der Waals surface area contributed by atoms with Gasteiger partial charge >= 0.3 is 0 Å². The van der Waals surface area contributed by atoms with Crippen LogP contribution in [0, 0.1) is 5.82 Å². The highest BCUT2D eigenvalue weighted by atomic mass is 19.1. The monoisotopic (exact) mass is 290 g/mol. The second-order valence-electron chi connectivity index (χ2n) is 4.66. The van der Waals surface area contributed by atoms with E-state index >= 15 is 0 Å². The van der Waals surface area contributed by atoms with Crippen LogP contribution >= 0.6 is 0 Å². The minimum atomic E-state index is -0.304. The highest BCUT2D eigenvalue weighted by molar-refractivity contribution is 5.40. The average Bonchev–Trinajstić information content (AvgIpc) is 2.52. The number of hydrogen-bond acceptors (Lipinski definition) is 3. The van der Waals surface area contributed by atoms with Crippen molar-refractivity contribution in [1.82, 2.24) is 0 Å². The van der Waals surface area contributed by atoms with Crippen LogP contribution in [0.15, 0.2) is 42.5 Å². The van der Waals surface area contributed by atoms with Gasteiger partial charge in [-0.05, 0) is 24.6 Å². The smallest absolute Gasteiger partial charge is 0.129 e. The zero-order valence-corrected chi connectivity index (χ0v) is 12.0. The third-order valence-corrected chi connectivity index (χ3v) is 3.02. The van der Waals surface area contributed by atoms with Gasteiger partial charge in [0.2, 0.25) is 0 Å². The molecule has 0 atom stereocenters. The predicted molar refractivity (Wildman–Crippen MR) is 78.9 cm³/mol. The van der Waals surface area contributed by atoms with Gasteiger partial charge in [0.15, 0.2) is 0 Å². The molecule has 0 saturated carbocycles. The summed E-state index contributed by atoms with van der Waals surface area (Å²) in [5.74, 6) is 0.883. The van der Waals surface area contributed by atoms with Crippen molar-refractivity contribution >= 4 is 0 Å². The maximum Gasteiger partial charge on any atom is 0.129 e. The van der Waals surface area contributed by atoms with Gasteiger partial charge in [0, 0.05) is 17.2 Å². The second kappa shape index (κ2) is 7.64.